The zero-order valence-electron chi connectivity index (χ0n) is 15.7. The number of imide groups is 1. The minimum atomic E-state index is -0.994. The van der Waals surface area contributed by atoms with Gasteiger partial charge in [0, 0.05) is 5.56 Å². The monoisotopic (exact) mass is 390 g/mol. The number of aryl methyl sites for hydroxylation is 1. The molecular weight excluding hydrogens is 372 g/mol. The summed E-state index contributed by atoms with van der Waals surface area (Å²) in [5.41, 5.74) is 1.71. The molecular formula is C21H18N4O4. The first-order valence-electron chi connectivity index (χ1n) is 9.30. The van der Waals surface area contributed by atoms with Gasteiger partial charge in [-0.1, -0.05) is 29.4 Å². The normalized spacial score (nSPS) is 20.2. The summed E-state index contributed by atoms with van der Waals surface area (Å²) in [6, 6.07) is 14.5. The Morgan fingerprint density at radius 2 is 1.97 bits per heavy atom. The molecule has 0 saturated carbocycles. The summed E-state index contributed by atoms with van der Waals surface area (Å²) in [5.74, 6) is 1.02. The van der Waals surface area contributed by atoms with Gasteiger partial charge in [-0.2, -0.15) is 4.98 Å². The summed E-state index contributed by atoms with van der Waals surface area (Å²) < 4.78 is 10.4. The van der Waals surface area contributed by atoms with E-state index in [1.165, 1.54) is 0 Å². The maximum Gasteiger partial charge on any atom is 0.325 e. The lowest BCUT2D eigenvalue weighted by Crippen LogP contribution is -2.41. The minimum absolute atomic E-state index is 0.0717. The van der Waals surface area contributed by atoms with Crippen molar-refractivity contribution in [3.05, 3.63) is 65.5 Å². The van der Waals surface area contributed by atoms with E-state index < -0.39 is 11.6 Å². The number of hydrogen-bond acceptors (Lipinski definition) is 6. The molecule has 146 valence electrons. The number of rotatable bonds is 4. The number of ether oxygens (including phenoxy) is 1. The number of methoxy groups -OCH3 is 1. The van der Waals surface area contributed by atoms with Crippen LogP contribution in [0.15, 0.2) is 53.1 Å². The van der Waals surface area contributed by atoms with Crippen LogP contribution in [0.25, 0.3) is 11.4 Å². The van der Waals surface area contributed by atoms with Gasteiger partial charge in [0.25, 0.3) is 5.91 Å². The van der Waals surface area contributed by atoms with Gasteiger partial charge >= 0.3 is 6.03 Å². The van der Waals surface area contributed by atoms with Crippen LogP contribution >= 0.6 is 0 Å². The minimum Gasteiger partial charge on any atom is -0.497 e. The Hall–Kier alpha value is -3.68. The predicted octanol–water partition coefficient (Wildman–Crippen LogP) is 2.64. The molecule has 1 fully saturated rings. The van der Waals surface area contributed by atoms with Crippen molar-refractivity contribution in [2.24, 2.45) is 0 Å². The van der Waals surface area contributed by atoms with Crippen molar-refractivity contribution < 1.29 is 18.8 Å². The van der Waals surface area contributed by atoms with Crippen molar-refractivity contribution in [2.45, 2.75) is 24.9 Å². The molecule has 3 amide bonds. The SMILES string of the molecule is COc1ccc(-c2noc(CN3C(=O)NC4(CCc5ccccc54)C3=O)n2)cc1. The Kier molecular flexibility index (Phi) is 3.87. The second-order valence-corrected chi connectivity index (χ2v) is 7.12. The van der Waals surface area contributed by atoms with Gasteiger partial charge in [0.15, 0.2) is 0 Å². The third-order valence-corrected chi connectivity index (χ3v) is 5.53. The lowest BCUT2D eigenvalue weighted by atomic mass is 9.92. The lowest BCUT2D eigenvalue weighted by Gasteiger charge is -2.21. The molecule has 1 aromatic heterocycles. The fourth-order valence-electron chi connectivity index (χ4n) is 4.04. The van der Waals surface area contributed by atoms with Gasteiger partial charge in [-0.15, -0.1) is 0 Å². The number of hydrogen-bond donors (Lipinski definition) is 1. The fraction of sp³-hybridized carbons (Fsp3) is 0.238. The fourth-order valence-corrected chi connectivity index (χ4v) is 4.04. The summed E-state index contributed by atoms with van der Waals surface area (Å²) in [7, 11) is 1.59. The van der Waals surface area contributed by atoms with Crippen LogP contribution in [-0.2, 0) is 23.3 Å². The maximum atomic E-state index is 13.2. The number of carbonyl (C=O) groups excluding carboxylic acids is 2. The number of nitrogens with zero attached hydrogens (tertiary/aromatic N) is 3. The molecule has 8 heteroatoms. The number of carbonyl (C=O) groups is 2. The van der Waals surface area contributed by atoms with Crippen molar-refractivity contribution >= 4 is 11.9 Å². The van der Waals surface area contributed by atoms with Crippen LogP contribution < -0.4 is 10.1 Å². The standard InChI is InChI=1S/C21H18N4O4/c1-28-15-8-6-14(7-9-15)18-22-17(29-24-18)12-25-19(26)21(23-20(25)27)11-10-13-4-2-3-5-16(13)21/h2-9H,10-12H2,1H3,(H,23,27). The van der Waals surface area contributed by atoms with E-state index in [0.717, 1.165) is 33.8 Å². The van der Waals surface area contributed by atoms with Crippen molar-refractivity contribution in [2.75, 3.05) is 7.11 Å². The highest BCUT2D eigenvalue weighted by Gasteiger charge is 2.55. The van der Waals surface area contributed by atoms with Gasteiger partial charge in [0.1, 0.15) is 17.8 Å². The van der Waals surface area contributed by atoms with Crippen LogP contribution in [0, 0.1) is 0 Å². The quantitative estimate of drug-likeness (QED) is 0.688. The first-order valence-corrected chi connectivity index (χ1v) is 9.30. The Balaban J connectivity index is 1.38. The number of aromatic nitrogens is 2. The molecule has 1 saturated heterocycles. The molecule has 5 rings (SSSR count). The van der Waals surface area contributed by atoms with Crippen LogP contribution in [0.5, 0.6) is 5.75 Å². The molecule has 2 aromatic carbocycles. The van der Waals surface area contributed by atoms with Crippen LogP contribution in [0.3, 0.4) is 0 Å². The Bertz CT molecular complexity index is 1110. The molecule has 0 bridgehead atoms. The summed E-state index contributed by atoms with van der Waals surface area (Å²) in [4.78, 5) is 31.3. The van der Waals surface area contributed by atoms with E-state index in [1.54, 1.807) is 19.2 Å². The van der Waals surface area contributed by atoms with Gasteiger partial charge in [0.2, 0.25) is 11.7 Å². The number of urea groups is 1. The Labute approximate surface area is 166 Å². The van der Waals surface area contributed by atoms with Crippen LogP contribution in [-0.4, -0.2) is 34.1 Å². The van der Waals surface area contributed by atoms with E-state index in [0.29, 0.717) is 12.2 Å². The van der Waals surface area contributed by atoms with Gasteiger partial charge in [-0.05, 0) is 48.2 Å². The third-order valence-electron chi connectivity index (χ3n) is 5.53. The maximum absolute atomic E-state index is 13.2. The molecule has 0 radical (unpaired) electrons. The zero-order chi connectivity index (χ0) is 20.0. The molecule has 2 aliphatic rings. The van der Waals surface area contributed by atoms with Gasteiger partial charge < -0.3 is 14.6 Å². The van der Waals surface area contributed by atoms with Crippen molar-refractivity contribution in [3.8, 4) is 17.1 Å². The number of benzene rings is 2. The van der Waals surface area contributed by atoms with E-state index in [2.05, 4.69) is 15.5 Å². The molecule has 1 aliphatic carbocycles. The van der Waals surface area contributed by atoms with Crippen molar-refractivity contribution in [1.82, 2.24) is 20.4 Å². The second-order valence-electron chi connectivity index (χ2n) is 7.12. The topological polar surface area (TPSA) is 97.6 Å². The highest BCUT2D eigenvalue weighted by Crippen LogP contribution is 2.41. The molecule has 2 heterocycles. The van der Waals surface area contributed by atoms with Crippen molar-refractivity contribution in [3.63, 3.8) is 0 Å². The molecule has 1 spiro atoms. The summed E-state index contributed by atoms with van der Waals surface area (Å²) in [6.07, 6.45) is 1.30. The Morgan fingerprint density at radius 1 is 1.17 bits per heavy atom. The largest absolute Gasteiger partial charge is 0.497 e. The van der Waals surface area contributed by atoms with Gasteiger partial charge in [0.05, 0.1) is 7.11 Å². The first-order chi connectivity index (χ1) is 14.1. The number of amides is 3. The first kappa shape index (κ1) is 17.4. The second kappa shape index (κ2) is 6.44. The van der Waals surface area contributed by atoms with E-state index in [4.69, 9.17) is 9.26 Å². The molecule has 8 nitrogen and oxygen atoms in total. The smallest absolute Gasteiger partial charge is 0.325 e. The predicted molar refractivity (Wildman–Crippen MR) is 102 cm³/mol. The Morgan fingerprint density at radius 3 is 2.76 bits per heavy atom. The van der Waals surface area contributed by atoms with E-state index >= 15 is 0 Å². The third kappa shape index (κ3) is 2.67. The van der Waals surface area contributed by atoms with Crippen LogP contribution in [0.1, 0.15) is 23.4 Å². The van der Waals surface area contributed by atoms with Crippen molar-refractivity contribution in [1.29, 1.82) is 0 Å². The molecule has 3 aromatic rings. The summed E-state index contributed by atoms with van der Waals surface area (Å²) in [6.45, 7) is -0.0717. The number of nitrogens with one attached hydrogen (secondary N) is 1. The highest BCUT2D eigenvalue weighted by molar-refractivity contribution is 6.08. The summed E-state index contributed by atoms with van der Waals surface area (Å²) in [5, 5.41) is 6.85. The molecule has 1 aliphatic heterocycles. The van der Waals surface area contributed by atoms with E-state index in [-0.39, 0.29) is 18.3 Å². The molecule has 29 heavy (non-hydrogen) atoms. The van der Waals surface area contributed by atoms with Gasteiger partial charge in [-0.3, -0.25) is 9.69 Å². The average Bonchev–Trinajstić information content (AvgIpc) is 3.43. The van der Waals surface area contributed by atoms with Crippen LogP contribution in [0.4, 0.5) is 4.79 Å². The molecule has 1 N–H and O–H groups in total. The zero-order valence-corrected chi connectivity index (χ0v) is 15.7. The molecule has 1 unspecified atom stereocenters. The highest BCUT2D eigenvalue weighted by atomic mass is 16.5. The van der Waals surface area contributed by atoms with E-state index in [9.17, 15) is 9.59 Å². The average molecular weight is 390 g/mol. The summed E-state index contributed by atoms with van der Waals surface area (Å²) >= 11 is 0. The van der Waals surface area contributed by atoms with Gasteiger partial charge in [-0.25, -0.2) is 4.79 Å². The van der Waals surface area contributed by atoms with Crippen LogP contribution in [0.2, 0.25) is 0 Å². The van der Waals surface area contributed by atoms with E-state index in [1.807, 2.05) is 36.4 Å². The lowest BCUT2D eigenvalue weighted by molar-refractivity contribution is -0.132. The molecule has 1 atom stereocenters. The number of fused-ring (bicyclic) bond motifs is 2.